The van der Waals surface area contributed by atoms with Crippen molar-refractivity contribution in [3.05, 3.63) is 29.3 Å². The zero-order chi connectivity index (χ0) is 10.0. The number of rotatable bonds is 2. The monoisotopic (exact) mass is 187 g/mol. The molecule has 13 heavy (non-hydrogen) atoms. The molecule has 0 aliphatic carbocycles. The Hall–Kier alpha value is -1.69. The highest BCUT2D eigenvalue weighted by Crippen LogP contribution is 2.19. The molecule has 5 N–H and O–H groups in total. The lowest BCUT2D eigenvalue weighted by Crippen LogP contribution is -2.15. The number of nitrogens with two attached hydrogens (primary N) is 2. The standard InChI is InChI=1S/C7H7F2N3O/c8-4-1-3(7(10)13)2-5(9)6(4)12-11/h1-2,12H,11H2,(H2,10,13). The van der Waals surface area contributed by atoms with Crippen LogP contribution in [0.2, 0.25) is 0 Å². The zero-order valence-corrected chi connectivity index (χ0v) is 6.47. The van der Waals surface area contributed by atoms with Gasteiger partial charge in [0.05, 0.1) is 0 Å². The molecule has 4 nitrogen and oxygen atoms in total. The number of hydrazine groups is 1. The van der Waals surface area contributed by atoms with Crippen molar-refractivity contribution in [3.63, 3.8) is 0 Å². The summed E-state index contributed by atoms with van der Waals surface area (Å²) in [6, 6.07) is 1.61. The van der Waals surface area contributed by atoms with E-state index in [9.17, 15) is 13.6 Å². The number of benzene rings is 1. The highest BCUT2D eigenvalue weighted by atomic mass is 19.1. The topological polar surface area (TPSA) is 81.1 Å². The SMILES string of the molecule is NNc1c(F)cc(C(N)=O)cc1F. The lowest BCUT2D eigenvalue weighted by Gasteiger charge is -2.04. The third kappa shape index (κ3) is 1.73. The Labute approximate surface area is 72.5 Å². The van der Waals surface area contributed by atoms with Crippen LogP contribution in [0.1, 0.15) is 10.4 Å². The molecule has 1 aromatic rings. The van der Waals surface area contributed by atoms with Gasteiger partial charge in [0.2, 0.25) is 5.91 Å². The van der Waals surface area contributed by atoms with E-state index in [1.807, 2.05) is 5.43 Å². The van der Waals surface area contributed by atoms with Gasteiger partial charge in [0.25, 0.3) is 0 Å². The molecule has 0 bridgehead atoms. The third-order valence-corrected chi connectivity index (χ3v) is 1.47. The second kappa shape index (κ2) is 3.36. The summed E-state index contributed by atoms with van der Waals surface area (Å²) in [6.07, 6.45) is 0. The molecule has 1 rings (SSSR count). The Balaban J connectivity index is 3.28. The Kier molecular flexibility index (Phi) is 2.43. The summed E-state index contributed by atoms with van der Waals surface area (Å²) >= 11 is 0. The van der Waals surface area contributed by atoms with Crippen molar-refractivity contribution in [1.29, 1.82) is 0 Å². The molecule has 0 heterocycles. The second-order valence-electron chi connectivity index (χ2n) is 2.32. The molecule has 0 aliphatic heterocycles. The van der Waals surface area contributed by atoms with E-state index in [1.54, 1.807) is 0 Å². The minimum absolute atomic E-state index is 0.242. The fourth-order valence-electron chi connectivity index (χ4n) is 0.853. The van der Waals surface area contributed by atoms with Gasteiger partial charge in [0.1, 0.15) is 5.69 Å². The number of amides is 1. The fraction of sp³-hybridized carbons (Fsp3) is 0. The summed E-state index contributed by atoms with van der Waals surface area (Å²) in [5.41, 5.74) is 5.91. The van der Waals surface area contributed by atoms with Gasteiger partial charge in [-0.3, -0.25) is 10.6 Å². The molecule has 0 saturated heterocycles. The maximum Gasteiger partial charge on any atom is 0.248 e. The van der Waals surface area contributed by atoms with E-state index in [0.29, 0.717) is 0 Å². The summed E-state index contributed by atoms with van der Waals surface area (Å²) in [6.45, 7) is 0. The quantitative estimate of drug-likeness (QED) is 0.461. The molecule has 1 amide bonds. The summed E-state index contributed by atoms with van der Waals surface area (Å²) in [5.74, 6) is 2.01. The van der Waals surface area contributed by atoms with Crippen molar-refractivity contribution in [2.24, 2.45) is 11.6 Å². The Morgan fingerprint density at radius 2 is 1.77 bits per heavy atom. The molecule has 0 atom stereocenters. The van der Waals surface area contributed by atoms with Crippen LogP contribution >= 0.6 is 0 Å². The average Bonchev–Trinajstić information content (AvgIpc) is 2.03. The van der Waals surface area contributed by atoms with Gasteiger partial charge in [-0.25, -0.2) is 8.78 Å². The van der Waals surface area contributed by atoms with Crippen LogP contribution in [-0.2, 0) is 0 Å². The van der Waals surface area contributed by atoms with Gasteiger partial charge in [0.15, 0.2) is 11.6 Å². The second-order valence-corrected chi connectivity index (χ2v) is 2.32. The van der Waals surface area contributed by atoms with Crippen LogP contribution in [0, 0.1) is 11.6 Å². The van der Waals surface area contributed by atoms with Gasteiger partial charge in [0, 0.05) is 5.56 Å². The molecule has 0 radical (unpaired) electrons. The Bertz CT molecular complexity index is 331. The van der Waals surface area contributed by atoms with E-state index in [-0.39, 0.29) is 5.56 Å². The molecule has 1 aromatic carbocycles. The van der Waals surface area contributed by atoms with E-state index in [1.165, 1.54) is 0 Å². The molecule has 0 aliphatic rings. The van der Waals surface area contributed by atoms with E-state index >= 15 is 0 Å². The molecule has 6 heteroatoms. The number of primary amides is 1. The Morgan fingerprint density at radius 1 is 1.31 bits per heavy atom. The van der Waals surface area contributed by atoms with Crippen LogP contribution in [0.5, 0.6) is 0 Å². The molecule has 0 spiro atoms. The first-order valence-corrected chi connectivity index (χ1v) is 3.31. The normalized spacial score (nSPS) is 9.77. The molecule has 0 fully saturated rings. The van der Waals surface area contributed by atoms with Crippen LogP contribution in [-0.4, -0.2) is 5.91 Å². The van der Waals surface area contributed by atoms with Crippen LogP contribution in [0.4, 0.5) is 14.5 Å². The van der Waals surface area contributed by atoms with Crippen LogP contribution in [0.15, 0.2) is 12.1 Å². The molecular formula is C7H7F2N3O. The van der Waals surface area contributed by atoms with E-state index < -0.39 is 23.2 Å². The largest absolute Gasteiger partial charge is 0.366 e. The molecular weight excluding hydrogens is 180 g/mol. The number of hydrogen-bond acceptors (Lipinski definition) is 3. The highest BCUT2D eigenvalue weighted by molar-refractivity contribution is 5.93. The molecule has 0 saturated carbocycles. The number of nitrogens with one attached hydrogen (secondary N) is 1. The van der Waals surface area contributed by atoms with Crippen molar-refractivity contribution >= 4 is 11.6 Å². The van der Waals surface area contributed by atoms with Gasteiger partial charge in [-0.2, -0.15) is 0 Å². The van der Waals surface area contributed by atoms with Crippen molar-refractivity contribution < 1.29 is 13.6 Å². The van der Waals surface area contributed by atoms with E-state index in [4.69, 9.17) is 11.6 Å². The lowest BCUT2D eigenvalue weighted by molar-refractivity contribution is 0.0999. The molecule has 0 unspecified atom stereocenters. The minimum Gasteiger partial charge on any atom is -0.366 e. The van der Waals surface area contributed by atoms with Gasteiger partial charge in [-0.05, 0) is 12.1 Å². The fourth-order valence-corrected chi connectivity index (χ4v) is 0.853. The predicted molar refractivity (Wildman–Crippen MR) is 42.7 cm³/mol. The van der Waals surface area contributed by atoms with Crippen molar-refractivity contribution in [3.8, 4) is 0 Å². The number of carbonyl (C=O) groups excluding carboxylic acids is 1. The maximum absolute atomic E-state index is 12.9. The van der Waals surface area contributed by atoms with Gasteiger partial charge < -0.3 is 11.2 Å². The van der Waals surface area contributed by atoms with Crippen LogP contribution in [0.3, 0.4) is 0 Å². The Morgan fingerprint density at radius 3 is 2.08 bits per heavy atom. The first-order chi connectivity index (χ1) is 6.06. The lowest BCUT2D eigenvalue weighted by atomic mass is 10.2. The zero-order valence-electron chi connectivity index (χ0n) is 6.47. The summed E-state index contributed by atoms with van der Waals surface area (Å²) in [4.78, 5) is 10.5. The van der Waals surface area contributed by atoms with E-state index in [0.717, 1.165) is 12.1 Å². The molecule has 70 valence electrons. The number of halogens is 2. The predicted octanol–water partition coefficient (Wildman–Crippen LogP) is 0.349. The van der Waals surface area contributed by atoms with Gasteiger partial charge in [-0.1, -0.05) is 0 Å². The first-order valence-electron chi connectivity index (χ1n) is 3.31. The first kappa shape index (κ1) is 9.40. The minimum atomic E-state index is -0.962. The van der Waals surface area contributed by atoms with Gasteiger partial charge in [-0.15, -0.1) is 0 Å². The van der Waals surface area contributed by atoms with Crippen molar-refractivity contribution in [1.82, 2.24) is 0 Å². The smallest absolute Gasteiger partial charge is 0.248 e. The maximum atomic E-state index is 12.9. The van der Waals surface area contributed by atoms with Crippen LogP contribution < -0.4 is 17.0 Å². The van der Waals surface area contributed by atoms with Crippen molar-refractivity contribution in [2.45, 2.75) is 0 Å². The summed E-state index contributed by atoms with van der Waals surface area (Å²) in [7, 11) is 0. The van der Waals surface area contributed by atoms with Crippen molar-refractivity contribution in [2.75, 3.05) is 5.43 Å². The number of hydrogen-bond donors (Lipinski definition) is 3. The van der Waals surface area contributed by atoms with Gasteiger partial charge >= 0.3 is 0 Å². The number of nitrogen functional groups attached to an aromatic ring is 1. The molecule has 0 aromatic heterocycles. The summed E-state index contributed by atoms with van der Waals surface area (Å²) in [5, 5.41) is 0. The third-order valence-electron chi connectivity index (χ3n) is 1.47. The van der Waals surface area contributed by atoms with E-state index in [2.05, 4.69) is 0 Å². The summed E-state index contributed by atoms with van der Waals surface area (Å²) < 4.78 is 25.8. The average molecular weight is 187 g/mol. The number of anilines is 1. The highest BCUT2D eigenvalue weighted by Gasteiger charge is 2.12. The van der Waals surface area contributed by atoms with Crippen LogP contribution in [0.25, 0.3) is 0 Å². The number of carbonyl (C=O) groups is 1.